The molecule has 0 amide bonds. The first-order valence-corrected chi connectivity index (χ1v) is 8.35. The molecule has 0 atom stereocenters. The maximum atomic E-state index is 8.44. The van der Waals surface area contributed by atoms with Crippen LogP contribution in [0.2, 0.25) is 0 Å². The Morgan fingerprint density at radius 3 is 2.44 bits per heavy atom. The molecule has 0 aliphatic heterocycles. The standard InChI is InChI=1S/C9H15N3S4/c1-4-12(5-2)9(13)16-7-15-8(14-3)11-6-10/h4-5,7H2,1-3H3. The maximum absolute atomic E-state index is 8.44. The van der Waals surface area contributed by atoms with E-state index in [0.717, 1.165) is 26.9 Å². The average molecular weight is 294 g/mol. The number of nitriles is 1. The molecule has 0 rings (SSSR count). The van der Waals surface area contributed by atoms with Crippen LogP contribution >= 0.6 is 47.5 Å². The number of rotatable bonds is 4. The molecule has 90 valence electrons. The highest BCUT2D eigenvalue weighted by Crippen LogP contribution is 2.21. The van der Waals surface area contributed by atoms with Crippen molar-refractivity contribution in [2.24, 2.45) is 4.99 Å². The highest BCUT2D eigenvalue weighted by Gasteiger charge is 2.06. The van der Waals surface area contributed by atoms with Crippen LogP contribution in [0.3, 0.4) is 0 Å². The van der Waals surface area contributed by atoms with Crippen LogP contribution in [-0.4, -0.2) is 38.0 Å². The smallest absolute Gasteiger partial charge is 0.207 e. The number of nitrogens with zero attached hydrogens (tertiary/aromatic N) is 3. The quantitative estimate of drug-likeness (QED) is 0.260. The van der Waals surface area contributed by atoms with Crippen molar-refractivity contribution >= 4 is 56.2 Å². The minimum absolute atomic E-state index is 0.789. The molecular formula is C9H15N3S4. The van der Waals surface area contributed by atoms with E-state index in [-0.39, 0.29) is 0 Å². The Kier molecular flexibility index (Phi) is 10.3. The van der Waals surface area contributed by atoms with Crippen molar-refractivity contribution in [2.75, 3.05) is 24.4 Å². The summed E-state index contributed by atoms with van der Waals surface area (Å²) >= 11 is 9.95. The molecule has 7 heteroatoms. The second-order valence-electron chi connectivity index (χ2n) is 2.53. The SMILES string of the molecule is CCN(CC)C(=S)SCSC(=NC#N)SC. The van der Waals surface area contributed by atoms with Gasteiger partial charge in [-0.1, -0.05) is 35.7 Å². The predicted octanol–water partition coefficient (Wildman–Crippen LogP) is 3.24. The molecule has 0 N–H and O–H groups in total. The van der Waals surface area contributed by atoms with E-state index in [9.17, 15) is 0 Å². The van der Waals surface area contributed by atoms with Gasteiger partial charge in [0, 0.05) is 13.1 Å². The fourth-order valence-electron chi connectivity index (χ4n) is 0.881. The Hall–Kier alpha value is 0.100. The van der Waals surface area contributed by atoms with Crippen molar-refractivity contribution in [2.45, 2.75) is 13.8 Å². The highest BCUT2D eigenvalue weighted by atomic mass is 32.2. The second kappa shape index (κ2) is 10.3. The Labute approximate surface area is 115 Å². The van der Waals surface area contributed by atoms with Crippen LogP contribution in [0.15, 0.2) is 4.99 Å². The van der Waals surface area contributed by atoms with Gasteiger partial charge < -0.3 is 4.90 Å². The van der Waals surface area contributed by atoms with Gasteiger partial charge in [0.25, 0.3) is 0 Å². The van der Waals surface area contributed by atoms with Crippen molar-refractivity contribution in [1.29, 1.82) is 5.26 Å². The first-order valence-electron chi connectivity index (χ1n) is 4.74. The van der Waals surface area contributed by atoms with Crippen LogP contribution in [0, 0.1) is 11.5 Å². The zero-order chi connectivity index (χ0) is 12.4. The molecule has 0 heterocycles. The van der Waals surface area contributed by atoms with Crippen molar-refractivity contribution in [3.05, 3.63) is 0 Å². The van der Waals surface area contributed by atoms with E-state index in [1.54, 1.807) is 29.7 Å². The van der Waals surface area contributed by atoms with E-state index in [0.29, 0.717) is 0 Å². The molecule has 0 fully saturated rings. The Bertz CT molecular complexity index is 281. The summed E-state index contributed by atoms with van der Waals surface area (Å²) in [5, 5.41) is 9.24. The molecule has 0 aromatic rings. The van der Waals surface area contributed by atoms with Crippen LogP contribution in [-0.2, 0) is 0 Å². The number of hydrogen-bond donors (Lipinski definition) is 0. The van der Waals surface area contributed by atoms with Crippen LogP contribution in [0.1, 0.15) is 13.8 Å². The summed E-state index contributed by atoms with van der Waals surface area (Å²) < 4.78 is 1.70. The number of thioether (sulfide) groups is 3. The molecule has 0 aliphatic rings. The van der Waals surface area contributed by atoms with Gasteiger partial charge in [-0.3, -0.25) is 0 Å². The summed E-state index contributed by atoms with van der Waals surface area (Å²) in [4.78, 5) is 5.84. The number of hydrogen-bond acceptors (Lipinski definition) is 6. The first-order chi connectivity index (χ1) is 7.69. The molecule has 0 saturated heterocycles. The molecule has 0 aromatic carbocycles. The molecule has 0 bridgehead atoms. The Morgan fingerprint density at radius 2 is 2.00 bits per heavy atom. The second-order valence-corrected chi connectivity index (χ2v) is 6.52. The van der Waals surface area contributed by atoms with Crippen LogP contribution < -0.4 is 0 Å². The van der Waals surface area contributed by atoms with Crippen molar-refractivity contribution in [3.8, 4) is 6.19 Å². The van der Waals surface area contributed by atoms with Gasteiger partial charge in [-0.15, -0.1) is 11.8 Å². The third-order valence-electron chi connectivity index (χ3n) is 1.70. The molecule has 0 spiro atoms. The third-order valence-corrected chi connectivity index (χ3v) is 5.39. The first kappa shape index (κ1) is 16.1. The molecular weight excluding hydrogens is 278 g/mol. The van der Waals surface area contributed by atoms with Crippen molar-refractivity contribution < 1.29 is 0 Å². The Morgan fingerprint density at radius 1 is 1.38 bits per heavy atom. The summed E-state index contributed by atoms with van der Waals surface area (Å²) in [6, 6.07) is 0. The van der Waals surface area contributed by atoms with Gasteiger partial charge in [-0.2, -0.15) is 10.3 Å². The van der Waals surface area contributed by atoms with Gasteiger partial charge in [0.15, 0.2) is 0 Å². The van der Waals surface area contributed by atoms with Gasteiger partial charge in [0.1, 0.15) is 8.70 Å². The lowest BCUT2D eigenvalue weighted by Gasteiger charge is -2.20. The summed E-state index contributed by atoms with van der Waals surface area (Å²) in [5.41, 5.74) is 0. The molecule has 0 aliphatic carbocycles. The summed E-state index contributed by atoms with van der Waals surface area (Å²) in [5.74, 6) is 0. The fourth-order valence-corrected chi connectivity index (χ4v) is 4.20. The molecule has 0 radical (unpaired) electrons. The highest BCUT2D eigenvalue weighted by molar-refractivity contribution is 8.43. The number of thiocarbonyl (C=S) groups is 1. The van der Waals surface area contributed by atoms with Gasteiger partial charge in [0.2, 0.25) is 6.19 Å². The van der Waals surface area contributed by atoms with Crippen molar-refractivity contribution in [1.82, 2.24) is 4.90 Å². The third kappa shape index (κ3) is 6.63. The summed E-state index contributed by atoms with van der Waals surface area (Å²) in [6.07, 6.45) is 3.71. The minimum atomic E-state index is 0.789. The zero-order valence-electron chi connectivity index (χ0n) is 9.60. The minimum Gasteiger partial charge on any atom is -0.358 e. The van der Waals surface area contributed by atoms with E-state index in [1.807, 2.05) is 6.26 Å². The largest absolute Gasteiger partial charge is 0.358 e. The lowest BCUT2D eigenvalue weighted by Crippen LogP contribution is -2.26. The van der Waals surface area contributed by atoms with Gasteiger partial charge in [-0.25, -0.2) is 0 Å². The van der Waals surface area contributed by atoms with E-state index < -0.39 is 0 Å². The van der Waals surface area contributed by atoms with E-state index in [1.165, 1.54) is 11.8 Å². The van der Waals surface area contributed by atoms with E-state index in [2.05, 4.69) is 23.7 Å². The monoisotopic (exact) mass is 293 g/mol. The Balaban J connectivity index is 3.94. The van der Waals surface area contributed by atoms with Gasteiger partial charge >= 0.3 is 0 Å². The fraction of sp³-hybridized carbons (Fsp3) is 0.667. The topological polar surface area (TPSA) is 39.4 Å². The molecule has 0 unspecified atom stereocenters. The average Bonchev–Trinajstić information content (AvgIpc) is 2.29. The summed E-state index contributed by atoms with van der Waals surface area (Å²) in [7, 11) is 0. The molecule has 3 nitrogen and oxygen atoms in total. The molecule has 0 aromatic heterocycles. The van der Waals surface area contributed by atoms with E-state index in [4.69, 9.17) is 17.5 Å². The van der Waals surface area contributed by atoms with Gasteiger partial charge in [-0.05, 0) is 20.1 Å². The van der Waals surface area contributed by atoms with Crippen molar-refractivity contribution in [3.63, 3.8) is 0 Å². The van der Waals surface area contributed by atoms with Crippen LogP contribution in [0.4, 0.5) is 0 Å². The molecule has 16 heavy (non-hydrogen) atoms. The zero-order valence-corrected chi connectivity index (χ0v) is 12.9. The normalized spacial score (nSPS) is 11.0. The van der Waals surface area contributed by atoms with Crippen LogP contribution in [0.25, 0.3) is 0 Å². The van der Waals surface area contributed by atoms with E-state index >= 15 is 0 Å². The lowest BCUT2D eigenvalue weighted by atomic mass is 10.6. The van der Waals surface area contributed by atoms with Crippen LogP contribution in [0.5, 0.6) is 0 Å². The summed E-state index contributed by atoms with van der Waals surface area (Å²) in [6.45, 7) is 6.06. The maximum Gasteiger partial charge on any atom is 0.207 e. The lowest BCUT2D eigenvalue weighted by molar-refractivity contribution is 0.482. The van der Waals surface area contributed by atoms with Gasteiger partial charge in [0.05, 0.1) is 5.08 Å². The predicted molar refractivity (Wildman–Crippen MR) is 82.1 cm³/mol. The molecule has 0 saturated carbocycles. The number of aliphatic imine (C=N–C) groups is 1.